The van der Waals surface area contributed by atoms with Gasteiger partial charge in [0.1, 0.15) is 5.82 Å². The molecule has 0 radical (unpaired) electrons. The summed E-state index contributed by atoms with van der Waals surface area (Å²) in [5.41, 5.74) is 3.01. The molecule has 26 heavy (non-hydrogen) atoms. The van der Waals surface area contributed by atoms with Gasteiger partial charge in [0.25, 0.3) is 0 Å². The fourth-order valence-electron chi connectivity index (χ4n) is 3.08. The summed E-state index contributed by atoms with van der Waals surface area (Å²) in [6.45, 7) is 3.83. The molecule has 0 aliphatic heterocycles. The van der Waals surface area contributed by atoms with Gasteiger partial charge in [0.05, 0.1) is 11.3 Å². The lowest BCUT2D eigenvalue weighted by atomic mass is 10.2. The van der Waals surface area contributed by atoms with E-state index in [2.05, 4.69) is 15.2 Å². The number of ketones is 1. The van der Waals surface area contributed by atoms with Crippen LogP contribution >= 0.6 is 11.8 Å². The normalized spacial score (nSPS) is 14.0. The number of aryl methyl sites for hydroxylation is 2. The van der Waals surface area contributed by atoms with E-state index in [-0.39, 0.29) is 23.4 Å². The molecule has 0 unspecified atom stereocenters. The number of benzene rings is 1. The average Bonchev–Trinajstić information content (AvgIpc) is 3.28. The van der Waals surface area contributed by atoms with Crippen molar-refractivity contribution in [3.05, 3.63) is 53.1 Å². The van der Waals surface area contributed by atoms with E-state index in [9.17, 15) is 9.18 Å². The Morgan fingerprint density at radius 2 is 2.08 bits per heavy atom. The highest BCUT2D eigenvalue weighted by atomic mass is 32.2. The minimum absolute atomic E-state index is 0.0506. The van der Waals surface area contributed by atoms with Crippen molar-refractivity contribution in [3.8, 4) is 11.4 Å². The van der Waals surface area contributed by atoms with Crippen molar-refractivity contribution < 1.29 is 9.18 Å². The van der Waals surface area contributed by atoms with E-state index >= 15 is 0 Å². The van der Waals surface area contributed by atoms with Crippen molar-refractivity contribution in [2.24, 2.45) is 0 Å². The molecule has 7 heteroatoms. The molecule has 4 rings (SSSR count). The van der Waals surface area contributed by atoms with Gasteiger partial charge in [0.2, 0.25) is 0 Å². The molecule has 1 aromatic carbocycles. The third-order valence-electron chi connectivity index (χ3n) is 4.47. The number of halogens is 1. The maximum atomic E-state index is 14.2. The number of rotatable bonds is 6. The molecule has 0 amide bonds. The number of hydrogen-bond acceptors (Lipinski definition) is 4. The molecule has 2 heterocycles. The van der Waals surface area contributed by atoms with Crippen molar-refractivity contribution in [1.29, 1.82) is 0 Å². The molecule has 1 fully saturated rings. The second-order valence-corrected chi connectivity index (χ2v) is 7.53. The van der Waals surface area contributed by atoms with Crippen LogP contribution in [0.3, 0.4) is 0 Å². The van der Waals surface area contributed by atoms with Crippen molar-refractivity contribution in [2.45, 2.75) is 37.9 Å². The first-order valence-corrected chi connectivity index (χ1v) is 9.55. The number of carbonyl (C=O) groups is 1. The zero-order valence-corrected chi connectivity index (χ0v) is 15.4. The number of aromatic nitrogens is 4. The van der Waals surface area contributed by atoms with Crippen molar-refractivity contribution >= 4 is 17.5 Å². The summed E-state index contributed by atoms with van der Waals surface area (Å²) >= 11 is 1.36. The fourth-order valence-corrected chi connectivity index (χ4v) is 3.97. The van der Waals surface area contributed by atoms with Gasteiger partial charge in [-0.2, -0.15) is 0 Å². The topological polar surface area (TPSA) is 63.6 Å². The van der Waals surface area contributed by atoms with E-state index in [1.807, 2.05) is 24.5 Å². The summed E-state index contributed by atoms with van der Waals surface area (Å²) in [5.74, 6) is 0.553. The summed E-state index contributed by atoms with van der Waals surface area (Å²) in [4.78, 5) is 15.7. The van der Waals surface area contributed by atoms with Gasteiger partial charge in [-0.05, 0) is 44.9 Å². The molecule has 3 aromatic rings. The summed E-state index contributed by atoms with van der Waals surface area (Å²) in [6, 6.07) is 8.74. The molecule has 1 saturated carbocycles. The quantitative estimate of drug-likeness (QED) is 0.518. The molecule has 1 aliphatic carbocycles. The summed E-state index contributed by atoms with van der Waals surface area (Å²) < 4.78 is 16.2. The molecule has 5 nitrogen and oxygen atoms in total. The highest BCUT2D eigenvalue weighted by Gasteiger charge is 2.31. The lowest BCUT2D eigenvalue weighted by Gasteiger charge is -2.09. The number of Topliss-reactive ketones (excluding diaryl/α,β-unsaturated/α-hetero) is 1. The second kappa shape index (κ2) is 6.72. The molecule has 2 aromatic heterocycles. The molecule has 0 atom stereocenters. The first-order valence-electron chi connectivity index (χ1n) is 8.56. The second-order valence-electron chi connectivity index (χ2n) is 6.59. The summed E-state index contributed by atoms with van der Waals surface area (Å²) in [6.07, 6.45) is 2.05. The Morgan fingerprint density at radius 1 is 1.31 bits per heavy atom. The molecule has 0 bridgehead atoms. The highest BCUT2D eigenvalue weighted by Crippen LogP contribution is 2.41. The number of aromatic amines is 1. The van der Waals surface area contributed by atoms with Gasteiger partial charge >= 0.3 is 0 Å². The number of H-pyrrole nitrogens is 1. The van der Waals surface area contributed by atoms with Gasteiger partial charge in [0, 0.05) is 23.0 Å². The predicted octanol–water partition coefficient (Wildman–Crippen LogP) is 4.34. The molecular formula is C19H19FN4OS. The van der Waals surface area contributed by atoms with Gasteiger partial charge in [-0.3, -0.25) is 9.36 Å². The van der Waals surface area contributed by atoms with Crippen LogP contribution in [0.15, 0.2) is 35.5 Å². The van der Waals surface area contributed by atoms with Crippen LogP contribution in [0.5, 0.6) is 0 Å². The van der Waals surface area contributed by atoms with E-state index in [1.54, 1.807) is 18.2 Å². The zero-order chi connectivity index (χ0) is 18.3. The number of thioether (sulfide) groups is 1. The SMILES string of the molecule is Cc1cc(C(=O)CSc2nnc(-c3ccccc3F)n2C2CC2)c(C)[nH]1. The largest absolute Gasteiger partial charge is 0.362 e. The monoisotopic (exact) mass is 370 g/mol. The Labute approximate surface area is 155 Å². The maximum Gasteiger partial charge on any atom is 0.192 e. The van der Waals surface area contributed by atoms with Gasteiger partial charge in [-0.15, -0.1) is 10.2 Å². The number of hydrogen-bond donors (Lipinski definition) is 1. The molecule has 1 N–H and O–H groups in total. The Kier molecular flexibility index (Phi) is 4.40. The van der Waals surface area contributed by atoms with Crippen LogP contribution in [0.2, 0.25) is 0 Å². The lowest BCUT2D eigenvalue weighted by Crippen LogP contribution is -2.06. The Hall–Kier alpha value is -2.41. The number of carbonyl (C=O) groups excluding carboxylic acids is 1. The number of nitrogens with one attached hydrogen (secondary N) is 1. The average molecular weight is 370 g/mol. The molecule has 0 spiro atoms. The van der Waals surface area contributed by atoms with E-state index < -0.39 is 0 Å². The minimum atomic E-state index is -0.312. The highest BCUT2D eigenvalue weighted by molar-refractivity contribution is 7.99. The van der Waals surface area contributed by atoms with Gasteiger partial charge in [-0.1, -0.05) is 23.9 Å². The van der Waals surface area contributed by atoms with Crippen LogP contribution in [-0.2, 0) is 0 Å². The minimum Gasteiger partial charge on any atom is -0.362 e. The van der Waals surface area contributed by atoms with Crippen LogP contribution in [0.1, 0.15) is 40.6 Å². The van der Waals surface area contributed by atoms with E-state index in [1.165, 1.54) is 17.8 Å². The zero-order valence-electron chi connectivity index (χ0n) is 14.6. The molecule has 0 saturated heterocycles. The summed E-state index contributed by atoms with van der Waals surface area (Å²) in [5, 5.41) is 9.12. The standard InChI is InChI=1S/C19H19FN4OS/c1-11-9-15(12(2)21-11)17(25)10-26-19-23-22-18(24(19)13-7-8-13)14-5-3-4-6-16(14)20/h3-6,9,13,21H,7-8,10H2,1-2H3. The van der Waals surface area contributed by atoms with E-state index in [0.717, 1.165) is 24.2 Å². The van der Waals surface area contributed by atoms with Crippen LogP contribution in [0, 0.1) is 19.7 Å². The molecule has 1 aliphatic rings. The summed E-state index contributed by atoms with van der Waals surface area (Å²) in [7, 11) is 0. The lowest BCUT2D eigenvalue weighted by molar-refractivity contribution is 0.102. The van der Waals surface area contributed by atoms with E-state index in [4.69, 9.17) is 0 Å². The fraction of sp³-hybridized carbons (Fsp3) is 0.316. The van der Waals surface area contributed by atoms with Gasteiger partial charge < -0.3 is 4.98 Å². The third kappa shape index (κ3) is 3.19. The maximum absolute atomic E-state index is 14.2. The Morgan fingerprint density at radius 3 is 2.73 bits per heavy atom. The number of nitrogens with zero attached hydrogens (tertiary/aromatic N) is 3. The van der Waals surface area contributed by atoms with Crippen molar-refractivity contribution in [1.82, 2.24) is 19.7 Å². The van der Waals surface area contributed by atoms with Crippen molar-refractivity contribution in [2.75, 3.05) is 5.75 Å². The molecular weight excluding hydrogens is 351 g/mol. The smallest absolute Gasteiger partial charge is 0.192 e. The Bertz CT molecular complexity index is 974. The Balaban J connectivity index is 1.59. The van der Waals surface area contributed by atoms with E-state index in [0.29, 0.717) is 22.1 Å². The predicted molar refractivity (Wildman–Crippen MR) is 99.0 cm³/mol. The van der Waals surface area contributed by atoms with Gasteiger partial charge in [-0.25, -0.2) is 4.39 Å². The van der Waals surface area contributed by atoms with Crippen LogP contribution in [-0.4, -0.2) is 31.3 Å². The first kappa shape index (κ1) is 17.0. The van der Waals surface area contributed by atoms with Gasteiger partial charge in [0.15, 0.2) is 16.8 Å². The van der Waals surface area contributed by atoms with Crippen molar-refractivity contribution in [3.63, 3.8) is 0 Å². The molecule has 134 valence electrons. The van der Waals surface area contributed by atoms with Crippen LogP contribution < -0.4 is 0 Å². The first-order chi connectivity index (χ1) is 12.5. The van der Waals surface area contributed by atoms with Crippen LogP contribution in [0.25, 0.3) is 11.4 Å². The van der Waals surface area contributed by atoms with Crippen LogP contribution in [0.4, 0.5) is 4.39 Å². The third-order valence-corrected chi connectivity index (χ3v) is 5.42.